The van der Waals surface area contributed by atoms with Crippen LogP contribution >= 0.6 is 0 Å². The molecule has 0 atom stereocenters. The molecule has 1 amide bonds. The van der Waals surface area contributed by atoms with Crippen molar-refractivity contribution in [1.82, 2.24) is 10.3 Å². The largest absolute Gasteiger partial charge is 0.348 e. The Morgan fingerprint density at radius 1 is 0.957 bits per heavy atom. The van der Waals surface area contributed by atoms with E-state index in [1.54, 1.807) is 12.4 Å². The third-order valence-corrected chi connectivity index (χ3v) is 3.68. The quantitative estimate of drug-likeness (QED) is 0.792. The molecule has 0 fully saturated rings. The van der Waals surface area contributed by atoms with Crippen molar-refractivity contribution < 1.29 is 4.79 Å². The van der Waals surface area contributed by atoms with Crippen molar-refractivity contribution in [2.45, 2.75) is 13.5 Å². The number of amides is 1. The van der Waals surface area contributed by atoms with Crippen molar-refractivity contribution in [3.8, 4) is 11.1 Å². The number of aryl methyl sites for hydroxylation is 1. The van der Waals surface area contributed by atoms with E-state index < -0.39 is 0 Å². The molecule has 0 radical (unpaired) electrons. The van der Waals surface area contributed by atoms with E-state index in [9.17, 15) is 4.79 Å². The number of hydrogen-bond acceptors (Lipinski definition) is 2. The van der Waals surface area contributed by atoms with Gasteiger partial charge in [-0.2, -0.15) is 0 Å². The van der Waals surface area contributed by atoms with Crippen LogP contribution in [0.5, 0.6) is 0 Å². The number of aromatic nitrogens is 1. The Balaban J connectivity index is 1.74. The summed E-state index contributed by atoms with van der Waals surface area (Å²) in [7, 11) is 0. The first kappa shape index (κ1) is 15.0. The lowest BCUT2D eigenvalue weighted by molar-refractivity contribution is 0.0950. The van der Waals surface area contributed by atoms with Crippen LogP contribution in [0.3, 0.4) is 0 Å². The summed E-state index contributed by atoms with van der Waals surface area (Å²) in [5.74, 6) is -0.115. The fourth-order valence-electron chi connectivity index (χ4n) is 2.35. The Morgan fingerprint density at radius 3 is 2.43 bits per heavy atom. The molecule has 0 aliphatic rings. The number of carbonyl (C=O) groups is 1. The van der Waals surface area contributed by atoms with Gasteiger partial charge in [0.1, 0.15) is 0 Å². The third-order valence-electron chi connectivity index (χ3n) is 3.68. The fraction of sp³-hybridized carbons (Fsp3) is 0.100. The summed E-state index contributed by atoms with van der Waals surface area (Å²) in [6.45, 7) is 2.56. The van der Waals surface area contributed by atoms with Crippen LogP contribution in [0.4, 0.5) is 0 Å². The first-order chi connectivity index (χ1) is 11.2. The maximum Gasteiger partial charge on any atom is 0.253 e. The summed E-state index contributed by atoms with van der Waals surface area (Å²) >= 11 is 0. The van der Waals surface area contributed by atoms with Crippen LogP contribution in [0.15, 0.2) is 73.1 Å². The smallest absolute Gasteiger partial charge is 0.253 e. The van der Waals surface area contributed by atoms with Gasteiger partial charge in [0.25, 0.3) is 5.91 Å². The van der Waals surface area contributed by atoms with Crippen LogP contribution in [0, 0.1) is 6.92 Å². The third kappa shape index (κ3) is 3.83. The molecule has 0 aliphatic carbocycles. The minimum absolute atomic E-state index is 0.115. The molecule has 114 valence electrons. The number of nitrogens with one attached hydrogen (secondary N) is 1. The van der Waals surface area contributed by atoms with Crippen molar-refractivity contribution in [1.29, 1.82) is 0 Å². The fourth-order valence-corrected chi connectivity index (χ4v) is 2.35. The normalized spacial score (nSPS) is 10.3. The molecule has 3 nitrogen and oxygen atoms in total. The predicted octanol–water partition coefficient (Wildman–Crippen LogP) is 3.99. The molecule has 3 aromatic rings. The zero-order valence-corrected chi connectivity index (χ0v) is 13.0. The van der Waals surface area contributed by atoms with Gasteiger partial charge in [-0.05, 0) is 24.1 Å². The van der Waals surface area contributed by atoms with Crippen molar-refractivity contribution in [2.75, 3.05) is 0 Å². The molecule has 0 saturated heterocycles. The molecule has 0 unspecified atom stereocenters. The minimum Gasteiger partial charge on any atom is -0.348 e. The molecule has 3 heteroatoms. The molecule has 0 saturated carbocycles. The van der Waals surface area contributed by atoms with Crippen LogP contribution in [-0.4, -0.2) is 10.9 Å². The van der Waals surface area contributed by atoms with Crippen molar-refractivity contribution in [3.05, 3.63) is 89.7 Å². The van der Waals surface area contributed by atoms with Crippen LogP contribution in [0.25, 0.3) is 11.1 Å². The Labute approximate surface area is 136 Å². The number of nitrogens with zero attached hydrogens (tertiary/aromatic N) is 1. The first-order valence-corrected chi connectivity index (χ1v) is 7.56. The predicted molar refractivity (Wildman–Crippen MR) is 92.0 cm³/mol. The maximum absolute atomic E-state index is 12.3. The van der Waals surface area contributed by atoms with E-state index in [4.69, 9.17) is 0 Å². The van der Waals surface area contributed by atoms with Gasteiger partial charge in [0.15, 0.2) is 0 Å². The Kier molecular flexibility index (Phi) is 4.48. The monoisotopic (exact) mass is 302 g/mol. The van der Waals surface area contributed by atoms with E-state index in [1.165, 1.54) is 5.56 Å². The average Bonchev–Trinajstić information content (AvgIpc) is 2.61. The highest BCUT2D eigenvalue weighted by molar-refractivity contribution is 5.95. The average molecular weight is 302 g/mol. The minimum atomic E-state index is -0.115. The molecule has 23 heavy (non-hydrogen) atoms. The molecule has 1 heterocycles. The van der Waals surface area contributed by atoms with Gasteiger partial charge in [-0.3, -0.25) is 9.78 Å². The Morgan fingerprint density at radius 2 is 1.70 bits per heavy atom. The van der Waals surface area contributed by atoms with E-state index >= 15 is 0 Å². The molecule has 1 aromatic heterocycles. The van der Waals surface area contributed by atoms with Gasteiger partial charge in [-0.25, -0.2) is 0 Å². The van der Waals surface area contributed by atoms with Gasteiger partial charge in [-0.15, -0.1) is 0 Å². The molecule has 0 aliphatic heterocycles. The van der Waals surface area contributed by atoms with Crippen LogP contribution in [-0.2, 0) is 6.54 Å². The van der Waals surface area contributed by atoms with Crippen LogP contribution in [0.2, 0.25) is 0 Å². The van der Waals surface area contributed by atoms with E-state index in [1.807, 2.05) is 48.5 Å². The van der Waals surface area contributed by atoms with Crippen molar-refractivity contribution in [2.24, 2.45) is 0 Å². The summed E-state index contributed by atoms with van der Waals surface area (Å²) in [5.41, 5.74) is 4.85. The van der Waals surface area contributed by atoms with E-state index in [-0.39, 0.29) is 5.91 Å². The van der Waals surface area contributed by atoms with Gasteiger partial charge in [0.05, 0.1) is 5.56 Å². The topological polar surface area (TPSA) is 42.0 Å². The molecule has 3 rings (SSSR count). The summed E-state index contributed by atoms with van der Waals surface area (Å²) in [5, 5.41) is 2.92. The van der Waals surface area contributed by atoms with Crippen molar-refractivity contribution in [3.63, 3.8) is 0 Å². The second-order valence-corrected chi connectivity index (χ2v) is 5.50. The number of carbonyl (C=O) groups excluding carboxylic acids is 1. The van der Waals surface area contributed by atoms with E-state index in [2.05, 4.69) is 29.4 Å². The summed E-state index contributed by atoms with van der Waals surface area (Å²) in [6, 6.07) is 19.9. The van der Waals surface area contributed by atoms with Crippen molar-refractivity contribution >= 4 is 5.91 Å². The molecule has 0 spiro atoms. The molecule has 1 N–H and O–H groups in total. The standard InChI is InChI=1S/C20H18N2O/c1-15-7-9-17(10-8-15)18-11-19(14-21-13-18)20(23)22-12-16-5-3-2-4-6-16/h2-11,13-14H,12H2,1H3,(H,22,23). The summed E-state index contributed by atoms with van der Waals surface area (Å²) in [4.78, 5) is 16.5. The number of hydrogen-bond donors (Lipinski definition) is 1. The number of pyridine rings is 1. The van der Waals surface area contributed by atoms with E-state index in [0.29, 0.717) is 12.1 Å². The zero-order chi connectivity index (χ0) is 16.1. The summed E-state index contributed by atoms with van der Waals surface area (Å²) in [6.07, 6.45) is 3.37. The van der Waals surface area contributed by atoms with Gasteiger partial charge in [-0.1, -0.05) is 60.2 Å². The number of benzene rings is 2. The highest BCUT2D eigenvalue weighted by Gasteiger charge is 2.08. The van der Waals surface area contributed by atoms with Gasteiger partial charge >= 0.3 is 0 Å². The second-order valence-electron chi connectivity index (χ2n) is 5.50. The Bertz CT molecular complexity index is 795. The number of rotatable bonds is 4. The lowest BCUT2D eigenvalue weighted by Gasteiger charge is -2.07. The highest BCUT2D eigenvalue weighted by Crippen LogP contribution is 2.19. The van der Waals surface area contributed by atoms with Gasteiger partial charge < -0.3 is 5.32 Å². The maximum atomic E-state index is 12.3. The lowest BCUT2D eigenvalue weighted by atomic mass is 10.0. The van der Waals surface area contributed by atoms with E-state index in [0.717, 1.165) is 16.7 Å². The van der Waals surface area contributed by atoms with Gasteiger partial charge in [0.2, 0.25) is 0 Å². The zero-order valence-electron chi connectivity index (χ0n) is 13.0. The SMILES string of the molecule is Cc1ccc(-c2cncc(C(=O)NCc3ccccc3)c2)cc1. The molecule has 0 bridgehead atoms. The Hall–Kier alpha value is -2.94. The summed E-state index contributed by atoms with van der Waals surface area (Å²) < 4.78 is 0. The molecule has 2 aromatic carbocycles. The second kappa shape index (κ2) is 6.88. The highest BCUT2D eigenvalue weighted by atomic mass is 16.1. The molecular formula is C20H18N2O. The lowest BCUT2D eigenvalue weighted by Crippen LogP contribution is -2.22. The van der Waals surface area contributed by atoms with Crippen LogP contribution < -0.4 is 5.32 Å². The first-order valence-electron chi connectivity index (χ1n) is 7.56. The molecular weight excluding hydrogens is 284 g/mol. The van der Waals surface area contributed by atoms with Gasteiger partial charge in [0, 0.05) is 24.5 Å². The van der Waals surface area contributed by atoms with Crippen LogP contribution in [0.1, 0.15) is 21.5 Å².